The molecular weight excluding hydrogens is 697 g/mol. The molecule has 0 spiro atoms. The van der Waals surface area contributed by atoms with Gasteiger partial charge in [0.2, 0.25) is 0 Å². The van der Waals surface area contributed by atoms with Gasteiger partial charge in [-0.1, -0.05) is 24.3 Å². The highest BCUT2D eigenvalue weighted by Crippen LogP contribution is 2.26. The second-order valence-electron chi connectivity index (χ2n) is 13.1. The van der Waals surface area contributed by atoms with Crippen LogP contribution in [0.2, 0.25) is 0 Å². The fraction of sp³-hybridized carbons (Fsp3) is 0.200. The molecule has 4 aromatic heterocycles. The lowest BCUT2D eigenvalue weighted by molar-refractivity contribution is 0.317. The first kappa shape index (κ1) is 35.0. The maximum absolute atomic E-state index is 11.6. The lowest BCUT2D eigenvalue weighted by atomic mass is 10.0. The van der Waals surface area contributed by atoms with Crippen LogP contribution in [0.5, 0.6) is 11.5 Å². The summed E-state index contributed by atoms with van der Waals surface area (Å²) < 4.78 is 58.2. The van der Waals surface area contributed by atoms with Gasteiger partial charge >= 0.3 is 0 Å². The minimum atomic E-state index is -3.05. The first-order valence-electron chi connectivity index (χ1n) is 17.0. The molecule has 0 unspecified atom stereocenters. The zero-order valence-corrected chi connectivity index (χ0v) is 30.5. The molecule has 268 valence electrons. The first-order valence-corrected chi connectivity index (χ1v) is 21.1. The van der Waals surface area contributed by atoms with Gasteiger partial charge in [-0.3, -0.25) is 0 Å². The third-order valence-electron chi connectivity index (χ3n) is 8.64. The second-order valence-corrected chi connectivity index (χ2v) is 17.6. The fourth-order valence-corrected chi connectivity index (χ4v) is 7.60. The van der Waals surface area contributed by atoms with Crippen LogP contribution in [0.3, 0.4) is 0 Å². The topological polar surface area (TPSA) is 150 Å². The Balaban J connectivity index is 1.28. The third kappa shape index (κ3) is 8.70. The van der Waals surface area contributed by atoms with E-state index < -0.39 is 19.7 Å². The van der Waals surface area contributed by atoms with Crippen molar-refractivity contribution in [1.82, 2.24) is 19.9 Å². The van der Waals surface area contributed by atoms with Gasteiger partial charge < -0.3 is 29.4 Å². The minimum absolute atomic E-state index is 0.0795. The Morgan fingerprint density at radius 2 is 0.962 bits per heavy atom. The molecule has 0 radical (unpaired) electrons. The van der Waals surface area contributed by atoms with Gasteiger partial charge in [0.1, 0.15) is 31.2 Å². The highest BCUT2D eigenvalue weighted by molar-refractivity contribution is 7.90. The maximum Gasteiger partial charge on any atom is 0.147 e. The molecule has 4 N–H and O–H groups in total. The Morgan fingerprint density at radius 3 is 1.38 bits per heavy atom. The van der Waals surface area contributed by atoms with Gasteiger partial charge in [-0.15, -0.1) is 0 Å². The number of ether oxygens (including phenoxy) is 2. The Bertz CT molecular complexity index is 2530. The summed E-state index contributed by atoms with van der Waals surface area (Å²) in [6.45, 7) is 0.605. The molecule has 0 atom stereocenters. The summed E-state index contributed by atoms with van der Waals surface area (Å²) in [5, 5.41) is 3.64. The molecule has 5 heterocycles. The van der Waals surface area contributed by atoms with Gasteiger partial charge in [0, 0.05) is 67.8 Å². The lowest BCUT2D eigenvalue weighted by Gasteiger charge is -2.10. The normalized spacial score (nSPS) is 13.0. The van der Waals surface area contributed by atoms with Crippen molar-refractivity contribution in [3.8, 4) is 11.5 Å². The Kier molecular flexibility index (Phi) is 9.85. The number of sulfone groups is 2. The highest BCUT2D eigenvalue weighted by atomic mass is 32.2. The van der Waals surface area contributed by atoms with Gasteiger partial charge in [-0.05, 0) is 109 Å². The zero-order valence-electron chi connectivity index (χ0n) is 28.9. The van der Waals surface area contributed by atoms with Crippen LogP contribution >= 0.6 is 0 Å². The van der Waals surface area contributed by atoms with E-state index in [1.807, 2.05) is 72.8 Å². The molecule has 0 amide bonds. The predicted molar refractivity (Wildman–Crippen MR) is 205 cm³/mol. The summed E-state index contributed by atoms with van der Waals surface area (Å²) in [6, 6.07) is 32.1. The number of aromatic nitrogens is 4. The SMILES string of the molecule is CS(=O)(=O)CCCOc1cccc(C2=c3ccc([nH]3)=Cc3ccc([nH]3)C(c3cccc(OCCCS(C)(=O)=O)c3)=c3ccc([nH]3)=Cc3ccc2[nH]3)c1. The second kappa shape index (κ2) is 14.6. The summed E-state index contributed by atoms with van der Waals surface area (Å²) in [5.41, 5.74) is 7.44. The monoisotopic (exact) mass is 736 g/mol. The number of fused-ring (bicyclic) bond motifs is 8. The average Bonchev–Trinajstić information content (AvgIpc) is 3.92. The molecule has 0 saturated carbocycles. The van der Waals surface area contributed by atoms with Crippen LogP contribution < -0.4 is 30.9 Å². The van der Waals surface area contributed by atoms with Gasteiger partial charge in [-0.25, -0.2) is 16.8 Å². The van der Waals surface area contributed by atoms with E-state index in [0.717, 1.165) is 66.4 Å². The molecule has 0 aliphatic carbocycles. The molecule has 1 aliphatic heterocycles. The Morgan fingerprint density at radius 1 is 0.519 bits per heavy atom. The molecular formula is C40H40N4O6S2. The largest absolute Gasteiger partial charge is 0.494 e. The molecule has 0 fully saturated rings. The van der Waals surface area contributed by atoms with Gasteiger partial charge in [0.25, 0.3) is 0 Å². The summed E-state index contributed by atoms with van der Waals surface area (Å²) >= 11 is 0. The molecule has 7 rings (SSSR count). The highest BCUT2D eigenvalue weighted by Gasteiger charge is 2.14. The van der Waals surface area contributed by atoms with E-state index in [0.29, 0.717) is 37.6 Å². The van der Waals surface area contributed by atoms with Crippen molar-refractivity contribution < 1.29 is 26.3 Å². The molecule has 8 bridgehead atoms. The van der Waals surface area contributed by atoms with Crippen LogP contribution in [0.1, 0.15) is 46.7 Å². The lowest BCUT2D eigenvalue weighted by Crippen LogP contribution is -2.16. The number of nitrogens with one attached hydrogen (secondary N) is 4. The molecule has 12 heteroatoms. The van der Waals surface area contributed by atoms with E-state index in [-0.39, 0.29) is 11.5 Å². The summed E-state index contributed by atoms with van der Waals surface area (Å²) in [4.78, 5) is 14.4. The van der Waals surface area contributed by atoms with Gasteiger partial charge in [0.05, 0.1) is 24.7 Å². The average molecular weight is 737 g/mol. The van der Waals surface area contributed by atoms with Crippen LogP contribution in [0.25, 0.3) is 23.3 Å². The van der Waals surface area contributed by atoms with Crippen LogP contribution in [-0.4, -0.2) is 74.0 Å². The number of benzene rings is 2. The molecule has 6 aromatic rings. The smallest absolute Gasteiger partial charge is 0.147 e. The van der Waals surface area contributed by atoms with Crippen molar-refractivity contribution >= 4 is 43.0 Å². The number of hydrogen-bond donors (Lipinski definition) is 4. The fourth-order valence-electron chi connectivity index (χ4n) is 6.32. The van der Waals surface area contributed by atoms with Crippen molar-refractivity contribution in [3.63, 3.8) is 0 Å². The van der Waals surface area contributed by atoms with Crippen LogP contribution in [0, 0.1) is 0 Å². The van der Waals surface area contributed by atoms with Gasteiger partial charge in [0.15, 0.2) is 0 Å². The summed E-state index contributed by atoms with van der Waals surface area (Å²) in [6.07, 6.45) is 7.42. The van der Waals surface area contributed by atoms with E-state index in [1.54, 1.807) is 0 Å². The van der Waals surface area contributed by atoms with Gasteiger partial charge in [-0.2, -0.15) is 0 Å². The number of hydrogen-bond acceptors (Lipinski definition) is 6. The van der Waals surface area contributed by atoms with E-state index in [4.69, 9.17) is 9.47 Å². The van der Waals surface area contributed by atoms with Crippen LogP contribution in [0.15, 0.2) is 97.1 Å². The molecule has 0 saturated heterocycles. The molecule has 2 aromatic carbocycles. The van der Waals surface area contributed by atoms with E-state index in [2.05, 4.69) is 56.4 Å². The van der Waals surface area contributed by atoms with Crippen LogP contribution in [-0.2, 0) is 19.7 Å². The number of aromatic amines is 4. The van der Waals surface area contributed by atoms with E-state index in [1.165, 1.54) is 12.5 Å². The Hall–Kier alpha value is -5.46. The van der Waals surface area contributed by atoms with Crippen molar-refractivity contribution in [2.75, 3.05) is 37.2 Å². The van der Waals surface area contributed by atoms with Crippen LogP contribution in [0.4, 0.5) is 0 Å². The number of H-pyrrole nitrogens is 4. The van der Waals surface area contributed by atoms with Crippen molar-refractivity contribution in [2.45, 2.75) is 12.8 Å². The third-order valence-corrected chi connectivity index (χ3v) is 10.7. The van der Waals surface area contributed by atoms with E-state index >= 15 is 0 Å². The molecule has 52 heavy (non-hydrogen) atoms. The van der Waals surface area contributed by atoms with Crippen molar-refractivity contribution in [1.29, 1.82) is 0 Å². The maximum atomic E-state index is 11.6. The quantitative estimate of drug-likeness (QED) is 0.142. The van der Waals surface area contributed by atoms with Crippen molar-refractivity contribution in [3.05, 3.63) is 152 Å². The predicted octanol–water partition coefficient (Wildman–Crippen LogP) is 3.09. The summed E-state index contributed by atoms with van der Waals surface area (Å²) in [5.74, 6) is 1.49. The summed E-state index contributed by atoms with van der Waals surface area (Å²) in [7, 11) is -6.10. The van der Waals surface area contributed by atoms with E-state index in [9.17, 15) is 16.8 Å². The number of rotatable bonds is 12. The minimum Gasteiger partial charge on any atom is -0.494 e. The standard InChI is InChI=1S/C40H40N4O6S2/c1-51(45,46)21-5-19-49-33-9-3-7-27(23-33)39-35-15-11-29(41-35)25-31-13-17-37(43-31)40(38-18-14-32(44-38)26-30-12-16-36(39)42-30)28-8-4-10-34(24-28)50-20-6-22-52(2,47)48/h3-4,7-18,23-26,41-44H,5-6,19-22H2,1-2H3. The van der Waals surface area contributed by atoms with Crippen molar-refractivity contribution in [2.24, 2.45) is 0 Å². The molecule has 1 aliphatic rings. The zero-order chi connectivity index (χ0) is 36.3. The first-order chi connectivity index (χ1) is 25.0. The molecule has 10 nitrogen and oxygen atoms in total. The Labute approximate surface area is 302 Å².